The van der Waals surface area contributed by atoms with Crippen LogP contribution < -0.4 is 0 Å². The number of nitrogens with zero attached hydrogens (tertiary/aromatic N) is 5. The Morgan fingerprint density at radius 2 is 1.10 bits per heavy atom. The lowest BCUT2D eigenvalue weighted by Gasteiger charge is -2.24. The number of H-pyrrole nitrogens is 2. The second-order valence-corrected chi connectivity index (χ2v) is 11.6. The number of nitrogens with one attached hydrogen (secondary N) is 2. The third kappa shape index (κ3) is 55.5. The number of pyridine rings is 1. The molecule has 0 amide bonds. The second kappa shape index (κ2) is 73.9. The molecule has 2 saturated heterocycles. The summed E-state index contributed by atoms with van der Waals surface area (Å²) in [5.74, 6) is 2.15. The maximum atomic E-state index is 5.16. The normalized spacial score (nSPS) is 12.8. The van der Waals surface area contributed by atoms with E-state index >= 15 is 0 Å². The van der Waals surface area contributed by atoms with Crippen molar-refractivity contribution in [2.24, 2.45) is 5.92 Å². The third-order valence-corrected chi connectivity index (χ3v) is 8.41. The fraction of sp³-hybridized carbons (Fsp3) is 0.788. The van der Waals surface area contributed by atoms with Gasteiger partial charge in [-0.2, -0.15) is 0 Å². The quantitative estimate of drug-likeness (QED) is 0.257. The zero-order valence-electron chi connectivity index (χ0n) is 37.8. The van der Waals surface area contributed by atoms with Gasteiger partial charge < -0.3 is 19.6 Å². The van der Waals surface area contributed by atoms with Crippen molar-refractivity contribution in [3.8, 4) is 0 Å². The number of piperidine rings is 1. The van der Waals surface area contributed by atoms with Crippen LogP contribution in [0.1, 0.15) is 217 Å². The number of imidazole rings is 2. The molecule has 8 heteroatoms. The molecule has 1 aliphatic carbocycles. The van der Waals surface area contributed by atoms with Crippen molar-refractivity contribution in [3.63, 3.8) is 0 Å². The predicted octanol–water partition coefficient (Wildman–Crippen LogP) is 16.6. The predicted molar refractivity (Wildman–Crippen MR) is 283 cm³/mol. The summed E-state index contributed by atoms with van der Waals surface area (Å²) in [5, 5.41) is 0. The second-order valence-electron chi connectivity index (χ2n) is 11.6. The number of morpholine rings is 1. The van der Waals surface area contributed by atoms with E-state index in [1.54, 1.807) is 12.5 Å². The number of likely N-dealkylation sites (N-methyl/N-ethyl adjacent to an activating group) is 1. The van der Waals surface area contributed by atoms with Crippen LogP contribution in [0.2, 0.25) is 0 Å². The van der Waals surface area contributed by atoms with Gasteiger partial charge in [0.2, 0.25) is 0 Å². The van der Waals surface area contributed by atoms with Crippen LogP contribution in [0.4, 0.5) is 0 Å². The molecule has 0 atom stereocenters. The van der Waals surface area contributed by atoms with E-state index in [9.17, 15) is 0 Å². The SMILES string of the molecule is C.C.C.C.C.C.C.CC.CC.CC.CC.CCC1CCCC1.CCN1CCCCC1.CCN1CCOCC1.CCc1ccccn1.CCc1cnc[nH]1.CCc1ncc[nH]1. The highest BCUT2D eigenvalue weighted by Gasteiger charge is 2.11. The molecule has 368 valence electrons. The Bertz CT molecular complexity index is 899. The fourth-order valence-corrected chi connectivity index (χ4v) is 5.19. The molecule has 0 spiro atoms. The van der Waals surface area contributed by atoms with E-state index < -0.39 is 0 Å². The van der Waals surface area contributed by atoms with E-state index in [1.165, 1.54) is 83.2 Å². The molecule has 3 aliphatic rings. The van der Waals surface area contributed by atoms with Crippen LogP contribution in [-0.4, -0.2) is 87.2 Å². The van der Waals surface area contributed by atoms with Crippen LogP contribution in [0.15, 0.2) is 49.3 Å². The summed E-state index contributed by atoms with van der Waals surface area (Å²) in [5.41, 5.74) is 2.35. The smallest absolute Gasteiger partial charge is 0.105 e. The molecule has 0 unspecified atom stereocenters. The van der Waals surface area contributed by atoms with Gasteiger partial charge in [0.15, 0.2) is 0 Å². The zero-order chi connectivity index (χ0) is 40.8. The molecule has 2 N–H and O–H groups in total. The lowest BCUT2D eigenvalue weighted by atomic mass is 10.1. The number of aromatic nitrogens is 5. The van der Waals surface area contributed by atoms with Gasteiger partial charge in [-0.3, -0.25) is 9.88 Å². The highest BCUT2D eigenvalue weighted by atomic mass is 16.5. The van der Waals surface area contributed by atoms with Crippen LogP contribution in [-0.2, 0) is 24.0 Å². The van der Waals surface area contributed by atoms with Gasteiger partial charge in [-0.1, -0.05) is 194 Å². The Labute approximate surface area is 382 Å². The van der Waals surface area contributed by atoms with Crippen LogP contribution in [0.25, 0.3) is 0 Å². The summed E-state index contributed by atoms with van der Waals surface area (Å²) in [7, 11) is 0. The minimum atomic E-state index is 0. The molecule has 5 heterocycles. The van der Waals surface area contributed by atoms with E-state index in [1.807, 2.05) is 92.2 Å². The van der Waals surface area contributed by atoms with Crippen LogP contribution >= 0.6 is 0 Å². The van der Waals surface area contributed by atoms with Gasteiger partial charge in [-0.05, 0) is 69.9 Å². The number of hydrogen-bond donors (Lipinski definition) is 2. The summed E-state index contributed by atoms with van der Waals surface area (Å²) in [6.45, 7) is 38.2. The molecule has 0 aromatic carbocycles. The number of aryl methyl sites for hydroxylation is 3. The van der Waals surface area contributed by atoms with E-state index in [2.05, 4.69) is 76.3 Å². The van der Waals surface area contributed by atoms with Gasteiger partial charge in [0.05, 0.1) is 19.5 Å². The van der Waals surface area contributed by atoms with E-state index in [0.29, 0.717) is 0 Å². The Morgan fingerprint density at radius 3 is 1.35 bits per heavy atom. The highest BCUT2D eigenvalue weighted by Crippen LogP contribution is 2.26. The van der Waals surface area contributed by atoms with Crippen molar-refractivity contribution >= 4 is 0 Å². The molecule has 3 aromatic rings. The summed E-state index contributed by atoms with van der Waals surface area (Å²) < 4.78 is 5.16. The minimum Gasteiger partial charge on any atom is -0.379 e. The van der Waals surface area contributed by atoms with Crippen molar-refractivity contribution < 1.29 is 4.74 Å². The molecule has 60 heavy (non-hydrogen) atoms. The van der Waals surface area contributed by atoms with E-state index in [4.69, 9.17) is 4.74 Å². The Morgan fingerprint density at radius 1 is 0.583 bits per heavy atom. The number of hydrogen-bond acceptors (Lipinski definition) is 6. The zero-order valence-corrected chi connectivity index (χ0v) is 37.8. The van der Waals surface area contributed by atoms with E-state index in [-0.39, 0.29) is 52.0 Å². The average molecular weight is 859 g/mol. The number of rotatable bonds is 6. The maximum absolute atomic E-state index is 5.16. The molecule has 3 fully saturated rings. The van der Waals surface area contributed by atoms with Gasteiger partial charge in [0, 0.05) is 55.7 Å². The monoisotopic (exact) mass is 858 g/mol. The molecule has 1 saturated carbocycles. The molecule has 6 rings (SSSR count). The number of ether oxygens (including phenoxy) is 1. The average Bonchev–Trinajstić information content (AvgIpc) is 4.11. The lowest BCUT2D eigenvalue weighted by molar-refractivity contribution is 0.0405. The lowest BCUT2D eigenvalue weighted by Crippen LogP contribution is -2.35. The Hall–Kier alpha value is -2.55. The van der Waals surface area contributed by atoms with Gasteiger partial charge in [0.1, 0.15) is 5.82 Å². The van der Waals surface area contributed by atoms with Gasteiger partial charge in [-0.25, -0.2) is 9.97 Å². The van der Waals surface area contributed by atoms with Crippen molar-refractivity contribution in [2.45, 2.75) is 220 Å². The first-order valence-electron chi connectivity index (χ1n) is 22.0. The summed E-state index contributed by atoms with van der Waals surface area (Å²) in [4.78, 5) is 22.8. The summed E-state index contributed by atoms with van der Waals surface area (Å²) in [6.07, 6.45) is 23.7. The molecular weight excluding hydrogens is 739 g/mol. The maximum Gasteiger partial charge on any atom is 0.105 e. The highest BCUT2D eigenvalue weighted by molar-refractivity contribution is 5.02. The van der Waals surface area contributed by atoms with Gasteiger partial charge in [-0.15, -0.1) is 0 Å². The minimum absolute atomic E-state index is 0. The van der Waals surface area contributed by atoms with Crippen LogP contribution in [0.3, 0.4) is 0 Å². The largest absolute Gasteiger partial charge is 0.379 e. The third-order valence-electron chi connectivity index (χ3n) is 8.41. The fourth-order valence-electron chi connectivity index (χ4n) is 5.19. The van der Waals surface area contributed by atoms with Crippen molar-refractivity contribution in [1.29, 1.82) is 0 Å². The summed E-state index contributed by atoms with van der Waals surface area (Å²) >= 11 is 0. The van der Waals surface area contributed by atoms with Gasteiger partial charge in [0.25, 0.3) is 0 Å². The first-order chi connectivity index (χ1) is 26.1. The van der Waals surface area contributed by atoms with Crippen molar-refractivity contribution in [3.05, 3.63) is 66.5 Å². The van der Waals surface area contributed by atoms with Crippen LogP contribution in [0, 0.1) is 5.92 Å². The molecule has 0 bridgehead atoms. The molecule has 8 nitrogen and oxygen atoms in total. The number of aromatic amines is 2. The van der Waals surface area contributed by atoms with Crippen LogP contribution in [0.5, 0.6) is 0 Å². The first-order valence-corrected chi connectivity index (χ1v) is 22.0. The Balaban J connectivity index is -0.0000000505. The molecule has 3 aromatic heterocycles. The number of likely N-dealkylation sites (tertiary alicyclic amines) is 1. The molecule has 2 aliphatic heterocycles. The topological polar surface area (TPSA) is 86.0 Å². The van der Waals surface area contributed by atoms with Crippen molar-refractivity contribution in [2.75, 3.05) is 52.5 Å². The standard InChI is InChI=1S/C7H15N.C7H9N.C7H14.C6H13NO.2C5H8N2.4C2H6.7CH4/c1-2-8-6-4-3-5-7-8;1-2-7-5-3-4-6-8-7;1-2-7-5-3-4-6-7;1-2-7-3-5-8-6-4-7;1-2-5-3-6-4-7-5;1-2-5-6-3-4-7-5;4*1-2;;;;;;;/h2-7H2,1H3;3-6H,2H2,1H3;7H,2-6H2,1H3;2-6H2,1H3;2*3-4H,2H2,1H3,(H,6,7);4*1-2H3;7*1H4. The van der Waals surface area contributed by atoms with Gasteiger partial charge >= 0.3 is 0 Å². The summed E-state index contributed by atoms with van der Waals surface area (Å²) in [6, 6.07) is 5.96. The van der Waals surface area contributed by atoms with E-state index in [0.717, 1.165) is 63.0 Å². The van der Waals surface area contributed by atoms with Crippen molar-refractivity contribution in [1.82, 2.24) is 34.7 Å². The molecular formula is C52H119N7O. The molecule has 0 radical (unpaired) electrons. The first kappa shape index (κ1) is 84.8. The Kier molecular flexibility index (Phi) is 105.